The minimum Gasteiger partial charge on any atom is -0.371 e. The van der Waals surface area contributed by atoms with E-state index in [4.69, 9.17) is 4.74 Å². The van der Waals surface area contributed by atoms with Crippen LogP contribution in [-0.2, 0) is 9.53 Å². The Hall–Kier alpha value is -0.370. The van der Waals surface area contributed by atoms with Gasteiger partial charge in [0, 0.05) is 13.5 Å². The summed E-state index contributed by atoms with van der Waals surface area (Å²) in [5.74, 6) is 0.918. The predicted octanol–water partition coefficient (Wildman–Crippen LogP) is 3.20. The highest BCUT2D eigenvalue weighted by atomic mass is 16.5. The molecule has 14 heavy (non-hydrogen) atoms. The molecule has 0 N–H and O–H groups in total. The standard InChI is InChI=1S/C12H24O2/c1-6-12(4,14-5)11(13)9-7-8-10(2)3/h10H,6-9H2,1-5H3. The van der Waals surface area contributed by atoms with E-state index in [-0.39, 0.29) is 5.78 Å². The Morgan fingerprint density at radius 1 is 1.43 bits per heavy atom. The molecule has 84 valence electrons. The van der Waals surface area contributed by atoms with E-state index in [0.717, 1.165) is 19.3 Å². The van der Waals surface area contributed by atoms with E-state index in [2.05, 4.69) is 13.8 Å². The summed E-state index contributed by atoms with van der Waals surface area (Å²) in [6.45, 7) is 8.23. The molecule has 0 amide bonds. The third kappa shape index (κ3) is 4.23. The van der Waals surface area contributed by atoms with E-state index in [0.29, 0.717) is 12.3 Å². The molecule has 1 atom stereocenters. The average Bonchev–Trinajstić information content (AvgIpc) is 2.15. The molecule has 0 saturated heterocycles. The molecule has 0 radical (unpaired) electrons. The third-order valence-corrected chi connectivity index (χ3v) is 2.90. The van der Waals surface area contributed by atoms with Crippen LogP contribution < -0.4 is 0 Å². The largest absolute Gasteiger partial charge is 0.371 e. The van der Waals surface area contributed by atoms with Crippen molar-refractivity contribution in [1.82, 2.24) is 0 Å². The summed E-state index contributed by atoms with van der Waals surface area (Å²) in [5, 5.41) is 0. The Labute approximate surface area is 88.0 Å². The Kier molecular flexibility index (Phi) is 6.01. The highest BCUT2D eigenvalue weighted by Crippen LogP contribution is 2.19. The van der Waals surface area contributed by atoms with Crippen LogP contribution in [0.25, 0.3) is 0 Å². The molecule has 0 heterocycles. The van der Waals surface area contributed by atoms with E-state index >= 15 is 0 Å². The maximum atomic E-state index is 11.8. The minimum atomic E-state index is -0.559. The maximum Gasteiger partial charge on any atom is 0.164 e. The van der Waals surface area contributed by atoms with E-state index in [1.54, 1.807) is 7.11 Å². The lowest BCUT2D eigenvalue weighted by atomic mass is 9.92. The van der Waals surface area contributed by atoms with E-state index < -0.39 is 5.60 Å². The van der Waals surface area contributed by atoms with Crippen LogP contribution in [0.4, 0.5) is 0 Å². The van der Waals surface area contributed by atoms with E-state index in [9.17, 15) is 4.79 Å². The lowest BCUT2D eigenvalue weighted by Crippen LogP contribution is -2.36. The second kappa shape index (κ2) is 6.18. The fraction of sp³-hybridized carbons (Fsp3) is 0.917. The van der Waals surface area contributed by atoms with Crippen LogP contribution in [0.2, 0.25) is 0 Å². The van der Waals surface area contributed by atoms with Crippen LogP contribution in [-0.4, -0.2) is 18.5 Å². The summed E-state index contributed by atoms with van der Waals surface area (Å²) >= 11 is 0. The van der Waals surface area contributed by atoms with Gasteiger partial charge in [-0.2, -0.15) is 0 Å². The molecule has 0 aliphatic heterocycles. The van der Waals surface area contributed by atoms with Crippen LogP contribution in [0.3, 0.4) is 0 Å². The van der Waals surface area contributed by atoms with Crippen LogP contribution >= 0.6 is 0 Å². The van der Waals surface area contributed by atoms with Gasteiger partial charge in [0.1, 0.15) is 5.60 Å². The molecule has 0 fully saturated rings. The Balaban J connectivity index is 3.94. The number of hydrogen-bond acceptors (Lipinski definition) is 2. The maximum absolute atomic E-state index is 11.8. The van der Waals surface area contributed by atoms with Gasteiger partial charge in [0.25, 0.3) is 0 Å². The first-order valence-electron chi connectivity index (χ1n) is 5.54. The van der Waals surface area contributed by atoms with Crippen molar-refractivity contribution in [2.24, 2.45) is 5.92 Å². The molecule has 0 bridgehead atoms. The lowest BCUT2D eigenvalue weighted by Gasteiger charge is -2.24. The van der Waals surface area contributed by atoms with Gasteiger partial charge in [-0.05, 0) is 25.7 Å². The molecule has 0 aliphatic carbocycles. The number of Topliss-reactive ketones (excluding diaryl/α,β-unsaturated/α-hetero) is 1. The second-order valence-electron chi connectivity index (χ2n) is 4.50. The summed E-state index contributed by atoms with van der Waals surface area (Å²) in [6, 6.07) is 0. The van der Waals surface area contributed by atoms with Crippen molar-refractivity contribution >= 4 is 5.78 Å². The number of methoxy groups -OCH3 is 1. The van der Waals surface area contributed by atoms with Gasteiger partial charge < -0.3 is 4.74 Å². The van der Waals surface area contributed by atoms with Crippen LogP contribution in [0.5, 0.6) is 0 Å². The van der Waals surface area contributed by atoms with Crippen LogP contribution in [0, 0.1) is 5.92 Å². The number of ether oxygens (including phenoxy) is 1. The SMILES string of the molecule is CCC(C)(OC)C(=O)CCCC(C)C. The molecular weight excluding hydrogens is 176 g/mol. The van der Waals surface area contributed by atoms with Crippen molar-refractivity contribution in [2.75, 3.05) is 7.11 Å². The lowest BCUT2D eigenvalue weighted by molar-refractivity contribution is -0.139. The topological polar surface area (TPSA) is 26.3 Å². The van der Waals surface area contributed by atoms with Crippen molar-refractivity contribution in [2.45, 2.75) is 59.0 Å². The van der Waals surface area contributed by atoms with E-state index in [1.165, 1.54) is 0 Å². The molecule has 0 rings (SSSR count). The number of hydrogen-bond donors (Lipinski definition) is 0. The van der Waals surface area contributed by atoms with Gasteiger partial charge in [0.15, 0.2) is 5.78 Å². The molecule has 0 spiro atoms. The first-order chi connectivity index (χ1) is 6.46. The third-order valence-electron chi connectivity index (χ3n) is 2.90. The smallest absolute Gasteiger partial charge is 0.164 e. The first-order valence-corrected chi connectivity index (χ1v) is 5.54. The van der Waals surface area contributed by atoms with Gasteiger partial charge >= 0.3 is 0 Å². The molecule has 0 saturated carbocycles. The zero-order valence-electron chi connectivity index (χ0n) is 10.2. The summed E-state index contributed by atoms with van der Waals surface area (Å²) < 4.78 is 5.26. The fourth-order valence-corrected chi connectivity index (χ4v) is 1.39. The molecule has 1 unspecified atom stereocenters. The highest BCUT2D eigenvalue weighted by molar-refractivity contribution is 5.86. The van der Waals surface area contributed by atoms with Crippen LogP contribution in [0.15, 0.2) is 0 Å². The fourth-order valence-electron chi connectivity index (χ4n) is 1.39. The quantitative estimate of drug-likeness (QED) is 0.631. The van der Waals surface area contributed by atoms with Gasteiger partial charge in [-0.15, -0.1) is 0 Å². The highest BCUT2D eigenvalue weighted by Gasteiger charge is 2.29. The number of ketones is 1. The van der Waals surface area contributed by atoms with Crippen molar-refractivity contribution in [1.29, 1.82) is 0 Å². The Morgan fingerprint density at radius 2 is 2.00 bits per heavy atom. The molecule has 0 aromatic carbocycles. The minimum absolute atomic E-state index is 0.239. The number of rotatable bonds is 7. The predicted molar refractivity (Wildman–Crippen MR) is 59.4 cm³/mol. The van der Waals surface area contributed by atoms with Crippen molar-refractivity contribution < 1.29 is 9.53 Å². The van der Waals surface area contributed by atoms with E-state index in [1.807, 2.05) is 13.8 Å². The second-order valence-corrected chi connectivity index (χ2v) is 4.50. The Bertz CT molecular complexity index is 169. The molecule has 2 nitrogen and oxygen atoms in total. The monoisotopic (exact) mass is 200 g/mol. The number of carbonyl (C=O) groups excluding carboxylic acids is 1. The molecule has 0 aromatic heterocycles. The summed E-state index contributed by atoms with van der Waals surface area (Å²) in [5.41, 5.74) is -0.559. The zero-order valence-corrected chi connectivity index (χ0v) is 10.2. The van der Waals surface area contributed by atoms with Gasteiger partial charge in [-0.25, -0.2) is 0 Å². The summed E-state index contributed by atoms with van der Waals surface area (Å²) in [7, 11) is 1.61. The molecular formula is C12H24O2. The van der Waals surface area contributed by atoms with Crippen LogP contribution in [0.1, 0.15) is 53.4 Å². The Morgan fingerprint density at radius 3 is 2.36 bits per heavy atom. The van der Waals surface area contributed by atoms with Crippen molar-refractivity contribution in [3.05, 3.63) is 0 Å². The first kappa shape index (κ1) is 13.6. The summed E-state index contributed by atoms with van der Waals surface area (Å²) in [6.07, 6.45) is 3.51. The number of carbonyl (C=O) groups is 1. The van der Waals surface area contributed by atoms with Crippen molar-refractivity contribution in [3.8, 4) is 0 Å². The average molecular weight is 200 g/mol. The van der Waals surface area contributed by atoms with Gasteiger partial charge in [-0.1, -0.05) is 27.2 Å². The van der Waals surface area contributed by atoms with Gasteiger partial charge in [0.05, 0.1) is 0 Å². The molecule has 0 aliphatic rings. The zero-order chi connectivity index (χ0) is 11.2. The van der Waals surface area contributed by atoms with Crippen molar-refractivity contribution in [3.63, 3.8) is 0 Å². The van der Waals surface area contributed by atoms with Gasteiger partial charge in [-0.3, -0.25) is 4.79 Å². The normalized spacial score (nSPS) is 15.6. The molecule has 0 aromatic rings. The summed E-state index contributed by atoms with van der Waals surface area (Å²) in [4.78, 5) is 11.8. The molecule has 2 heteroatoms. The van der Waals surface area contributed by atoms with Gasteiger partial charge in [0.2, 0.25) is 0 Å².